The second kappa shape index (κ2) is 10.4. The van der Waals surface area contributed by atoms with Crippen molar-refractivity contribution in [2.75, 3.05) is 19.6 Å². The Hall–Kier alpha value is -1.96. The van der Waals surface area contributed by atoms with Gasteiger partial charge in [0.25, 0.3) is 5.56 Å². The average molecular weight is 414 g/mol. The van der Waals surface area contributed by atoms with Crippen molar-refractivity contribution in [3.63, 3.8) is 0 Å². The number of H-pyrrole nitrogens is 1. The van der Waals surface area contributed by atoms with Crippen molar-refractivity contribution in [1.82, 2.24) is 25.2 Å². The normalized spacial score (nSPS) is 16.2. The maximum atomic E-state index is 12.5. The van der Waals surface area contributed by atoms with Crippen LogP contribution in [0.1, 0.15) is 24.6 Å². The van der Waals surface area contributed by atoms with Gasteiger partial charge in [0.2, 0.25) is 5.91 Å². The van der Waals surface area contributed by atoms with Crippen molar-refractivity contribution in [3.8, 4) is 11.4 Å². The summed E-state index contributed by atoms with van der Waals surface area (Å²) in [6, 6.07) is 3.83. The third kappa shape index (κ3) is 5.51. The Bertz CT molecular complexity index is 813. The first kappa shape index (κ1) is 23.1. The number of piperazine rings is 1. The van der Waals surface area contributed by atoms with Gasteiger partial charge in [0.05, 0.1) is 0 Å². The van der Waals surface area contributed by atoms with Crippen molar-refractivity contribution in [2.24, 2.45) is 0 Å². The second-order valence-corrected chi connectivity index (χ2v) is 6.36. The molecule has 1 fully saturated rings. The zero-order valence-corrected chi connectivity index (χ0v) is 17.0. The molecule has 3 heterocycles. The Balaban J connectivity index is 0.00000182. The van der Waals surface area contributed by atoms with Crippen molar-refractivity contribution >= 4 is 30.7 Å². The molecule has 2 N–H and O–H groups in total. The third-order valence-electron chi connectivity index (χ3n) is 4.57. The molecule has 2 aromatic rings. The molecule has 1 atom stereocenters. The number of pyridine rings is 1. The first-order valence-electron chi connectivity index (χ1n) is 8.56. The fourth-order valence-corrected chi connectivity index (χ4v) is 3.13. The molecule has 148 valence electrons. The van der Waals surface area contributed by atoms with Gasteiger partial charge in [-0.1, -0.05) is 0 Å². The molecule has 1 saturated heterocycles. The Labute approximate surface area is 170 Å². The fourth-order valence-electron chi connectivity index (χ4n) is 3.13. The van der Waals surface area contributed by atoms with Crippen LogP contribution >= 0.6 is 24.8 Å². The summed E-state index contributed by atoms with van der Waals surface area (Å²) in [6.07, 6.45) is 4.05. The molecule has 1 aliphatic rings. The summed E-state index contributed by atoms with van der Waals surface area (Å²) >= 11 is 0. The van der Waals surface area contributed by atoms with E-state index in [0.717, 1.165) is 18.7 Å². The van der Waals surface area contributed by atoms with Crippen LogP contribution in [-0.2, 0) is 11.2 Å². The number of halogens is 2. The zero-order chi connectivity index (χ0) is 17.8. The Morgan fingerprint density at radius 3 is 2.78 bits per heavy atom. The van der Waals surface area contributed by atoms with E-state index in [0.29, 0.717) is 36.5 Å². The first-order chi connectivity index (χ1) is 12.1. The minimum Gasteiger partial charge on any atom is -0.337 e. The molecule has 0 radical (unpaired) electrons. The molecule has 0 bridgehead atoms. The van der Waals surface area contributed by atoms with E-state index in [1.165, 1.54) is 0 Å². The number of amides is 1. The van der Waals surface area contributed by atoms with Crippen LogP contribution in [0.5, 0.6) is 0 Å². The summed E-state index contributed by atoms with van der Waals surface area (Å²) in [5.41, 5.74) is 1.81. The average Bonchev–Trinajstić information content (AvgIpc) is 2.62. The number of nitrogens with one attached hydrogen (secondary N) is 2. The van der Waals surface area contributed by atoms with Crippen LogP contribution in [0.2, 0.25) is 0 Å². The lowest BCUT2D eigenvalue weighted by molar-refractivity contribution is -0.133. The summed E-state index contributed by atoms with van der Waals surface area (Å²) in [5.74, 6) is 0.588. The lowest BCUT2D eigenvalue weighted by atomic mass is 10.1. The van der Waals surface area contributed by atoms with E-state index in [9.17, 15) is 9.59 Å². The molecule has 7 nitrogen and oxygen atoms in total. The second-order valence-electron chi connectivity index (χ2n) is 6.36. The number of aromatic nitrogens is 3. The maximum absolute atomic E-state index is 12.5. The van der Waals surface area contributed by atoms with Gasteiger partial charge < -0.3 is 15.2 Å². The van der Waals surface area contributed by atoms with E-state index >= 15 is 0 Å². The van der Waals surface area contributed by atoms with Gasteiger partial charge in [0.1, 0.15) is 5.82 Å². The van der Waals surface area contributed by atoms with Gasteiger partial charge in [0.15, 0.2) is 0 Å². The molecule has 3 rings (SSSR count). The number of hydrogen-bond donors (Lipinski definition) is 2. The minimum atomic E-state index is -0.187. The van der Waals surface area contributed by atoms with Crippen LogP contribution in [0.4, 0.5) is 0 Å². The smallest absolute Gasteiger partial charge is 0.254 e. The van der Waals surface area contributed by atoms with Crippen LogP contribution in [0.3, 0.4) is 0 Å². The number of aromatic amines is 1. The van der Waals surface area contributed by atoms with Gasteiger partial charge >= 0.3 is 0 Å². The fraction of sp³-hybridized carbons (Fsp3) is 0.444. The topological polar surface area (TPSA) is 91.0 Å². The first-order valence-corrected chi connectivity index (χ1v) is 8.56. The number of carbonyl (C=O) groups excluding carboxylic acids is 1. The molecule has 2 aromatic heterocycles. The number of carbonyl (C=O) groups is 1. The van der Waals surface area contributed by atoms with Crippen molar-refractivity contribution in [2.45, 2.75) is 32.7 Å². The number of nitrogens with zero attached hydrogens (tertiary/aromatic N) is 3. The largest absolute Gasteiger partial charge is 0.337 e. The number of aryl methyl sites for hydroxylation is 1. The van der Waals surface area contributed by atoms with Gasteiger partial charge in [-0.15, -0.1) is 24.8 Å². The molecule has 27 heavy (non-hydrogen) atoms. The minimum absolute atomic E-state index is 0. The van der Waals surface area contributed by atoms with Gasteiger partial charge in [-0.05, 0) is 32.4 Å². The SMILES string of the molecule is Cc1nc(-c2cccnc2)[nH]c(=O)c1CCC(=O)N1CCNC[C@H]1C.Cl.Cl. The Morgan fingerprint density at radius 1 is 1.37 bits per heavy atom. The molecule has 0 unspecified atom stereocenters. The molecule has 1 amide bonds. The monoisotopic (exact) mass is 413 g/mol. The van der Waals surface area contributed by atoms with Crippen LogP contribution in [0.25, 0.3) is 11.4 Å². The van der Waals surface area contributed by atoms with E-state index in [1.807, 2.05) is 24.8 Å². The molecule has 1 aliphatic heterocycles. The summed E-state index contributed by atoms with van der Waals surface area (Å²) < 4.78 is 0. The van der Waals surface area contributed by atoms with Crippen molar-refractivity contribution in [3.05, 3.63) is 46.1 Å². The molecule has 0 spiro atoms. The van der Waals surface area contributed by atoms with E-state index in [4.69, 9.17) is 0 Å². The van der Waals surface area contributed by atoms with Gasteiger partial charge in [-0.2, -0.15) is 0 Å². The van der Waals surface area contributed by atoms with Crippen molar-refractivity contribution < 1.29 is 4.79 Å². The van der Waals surface area contributed by atoms with Gasteiger partial charge in [-0.3, -0.25) is 14.6 Å². The van der Waals surface area contributed by atoms with Crippen LogP contribution in [0, 0.1) is 6.92 Å². The van der Waals surface area contributed by atoms with Crippen LogP contribution < -0.4 is 10.9 Å². The molecular weight excluding hydrogens is 389 g/mol. The zero-order valence-electron chi connectivity index (χ0n) is 15.4. The Kier molecular flexibility index (Phi) is 8.88. The highest BCUT2D eigenvalue weighted by Crippen LogP contribution is 2.14. The highest BCUT2D eigenvalue weighted by molar-refractivity contribution is 5.85. The third-order valence-corrected chi connectivity index (χ3v) is 4.57. The number of rotatable bonds is 4. The Morgan fingerprint density at radius 2 is 2.15 bits per heavy atom. The molecular formula is C18H25Cl2N5O2. The highest BCUT2D eigenvalue weighted by atomic mass is 35.5. The van der Waals surface area contributed by atoms with Crippen molar-refractivity contribution in [1.29, 1.82) is 0 Å². The van der Waals surface area contributed by atoms with Crippen LogP contribution in [0.15, 0.2) is 29.3 Å². The highest BCUT2D eigenvalue weighted by Gasteiger charge is 2.23. The summed E-state index contributed by atoms with van der Waals surface area (Å²) in [5, 5.41) is 3.27. The molecule has 0 aliphatic carbocycles. The summed E-state index contributed by atoms with van der Waals surface area (Å²) in [7, 11) is 0. The maximum Gasteiger partial charge on any atom is 0.254 e. The predicted octanol–water partition coefficient (Wildman–Crippen LogP) is 1.74. The van der Waals surface area contributed by atoms with Crippen LogP contribution in [-0.4, -0.2) is 51.4 Å². The van der Waals surface area contributed by atoms with E-state index in [2.05, 4.69) is 20.3 Å². The standard InChI is InChI=1S/C18H23N5O2.2ClH/c1-12-10-20-8-9-23(12)16(24)6-5-15-13(2)21-17(22-18(15)25)14-4-3-7-19-11-14;;/h3-4,7,11-12,20H,5-6,8-10H2,1-2H3,(H,21,22,25);2*1H/t12-;;/m1../s1. The van der Waals surface area contributed by atoms with E-state index in [1.54, 1.807) is 18.5 Å². The molecule has 0 aromatic carbocycles. The lowest BCUT2D eigenvalue weighted by Gasteiger charge is -2.34. The predicted molar refractivity (Wildman–Crippen MR) is 110 cm³/mol. The van der Waals surface area contributed by atoms with Gasteiger partial charge in [0, 0.05) is 61.3 Å². The molecule has 9 heteroatoms. The number of hydrogen-bond acceptors (Lipinski definition) is 5. The quantitative estimate of drug-likeness (QED) is 0.796. The summed E-state index contributed by atoms with van der Waals surface area (Å²) in [6.45, 7) is 6.19. The van der Waals surface area contributed by atoms with E-state index in [-0.39, 0.29) is 42.3 Å². The van der Waals surface area contributed by atoms with E-state index < -0.39 is 0 Å². The molecule has 0 saturated carbocycles. The van der Waals surface area contributed by atoms with Gasteiger partial charge in [-0.25, -0.2) is 4.98 Å². The summed E-state index contributed by atoms with van der Waals surface area (Å²) in [4.78, 5) is 38.1. The lowest BCUT2D eigenvalue weighted by Crippen LogP contribution is -2.52.